The largest absolute Gasteiger partial charge is 0.378 e. The molecule has 1 fully saturated rings. The smallest absolute Gasteiger partial charge is 0.272 e. The fourth-order valence-electron chi connectivity index (χ4n) is 3.50. The number of carbonyl (C=O) groups is 1. The highest BCUT2D eigenvalue weighted by Crippen LogP contribution is 2.32. The number of aryl methyl sites for hydroxylation is 2. The Labute approximate surface area is 147 Å². The Balaban J connectivity index is 1.68. The lowest BCUT2D eigenvalue weighted by atomic mass is 10.0. The molecule has 3 heterocycles. The second kappa shape index (κ2) is 6.80. The molecule has 0 spiro atoms. The number of ether oxygens (including phenoxy) is 1. The van der Waals surface area contributed by atoms with E-state index in [1.54, 1.807) is 4.90 Å². The van der Waals surface area contributed by atoms with Gasteiger partial charge in [0.2, 0.25) is 0 Å². The molecule has 0 radical (unpaired) electrons. The predicted molar refractivity (Wildman–Crippen MR) is 95.3 cm³/mol. The van der Waals surface area contributed by atoms with Crippen molar-refractivity contribution in [3.8, 4) is 0 Å². The van der Waals surface area contributed by atoms with Crippen LogP contribution in [0.4, 0.5) is 11.5 Å². The summed E-state index contributed by atoms with van der Waals surface area (Å²) in [7, 11) is 0. The summed E-state index contributed by atoms with van der Waals surface area (Å²) in [6.07, 6.45) is 2.16. The van der Waals surface area contributed by atoms with Gasteiger partial charge in [0.05, 0.1) is 13.2 Å². The van der Waals surface area contributed by atoms with E-state index in [0.717, 1.165) is 25.2 Å². The lowest BCUT2D eigenvalue weighted by molar-refractivity contribution is 0.0299. The Kier molecular flexibility index (Phi) is 4.36. The van der Waals surface area contributed by atoms with Crippen LogP contribution in [0.25, 0.3) is 0 Å². The maximum Gasteiger partial charge on any atom is 0.272 e. The number of hydrogen-bond donors (Lipinski definition) is 0. The van der Waals surface area contributed by atoms with E-state index in [-0.39, 0.29) is 5.91 Å². The van der Waals surface area contributed by atoms with Crippen molar-refractivity contribution in [3.63, 3.8) is 0 Å². The number of aromatic nitrogens is 2. The molecule has 6 heteroatoms. The van der Waals surface area contributed by atoms with Crippen LogP contribution in [0, 0.1) is 6.92 Å². The third-order valence-electron chi connectivity index (χ3n) is 4.73. The van der Waals surface area contributed by atoms with Gasteiger partial charge in [0.1, 0.15) is 17.3 Å². The minimum Gasteiger partial charge on any atom is -0.378 e. The van der Waals surface area contributed by atoms with Gasteiger partial charge < -0.3 is 14.5 Å². The molecule has 25 heavy (non-hydrogen) atoms. The molecule has 1 aromatic heterocycles. The molecule has 0 saturated carbocycles. The van der Waals surface area contributed by atoms with Gasteiger partial charge >= 0.3 is 0 Å². The van der Waals surface area contributed by atoms with Crippen molar-refractivity contribution in [2.24, 2.45) is 0 Å². The van der Waals surface area contributed by atoms with Gasteiger partial charge in [0.15, 0.2) is 0 Å². The SMILES string of the molecule is Cc1nc(C(=O)N2CCOCC2)cc(N2CCCc3ccccc32)n1. The molecule has 0 bridgehead atoms. The Morgan fingerprint density at radius 1 is 1.12 bits per heavy atom. The normalized spacial score (nSPS) is 17.3. The molecule has 0 N–H and O–H groups in total. The van der Waals surface area contributed by atoms with Gasteiger partial charge in [-0.15, -0.1) is 0 Å². The number of morpholine rings is 1. The van der Waals surface area contributed by atoms with Gasteiger partial charge in [0.25, 0.3) is 5.91 Å². The Morgan fingerprint density at radius 2 is 1.92 bits per heavy atom. The topological polar surface area (TPSA) is 58.6 Å². The van der Waals surface area contributed by atoms with E-state index in [1.807, 2.05) is 19.1 Å². The molecule has 0 atom stereocenters. The summed E-state index contributed by atoms with van der Waals surface area (Å²) in [5, 5.41) is 0. The van der Waals surface area contributed by atoms with Crippen molar-refractivity contribution in [1.82, 2.24) is 14.9 Å². The summed E-state index contributed by atoms with van der Waals surface area (Å²) in [4.78, 5) is 25.8. The highest BCUT2D eigenvalue weighted by molar-refractivity contribution is 5.93. The summed E-state index contributed by atoms with van der Waals surface area (Å²) in [6, 6.07) is 10.2. The lowest BCUT2D eigenvalue weighted by Gasteiger charge is -2.31. The number of amides is 1. The summed E-state index contributed by atoms with van der Waals surface area (Å²) >= 11 is 0. The van der Waals surface area contributed by atoms with E-state index >= 15 is 0 Å². The first-order valence-corrected chi connectivity index (χ1v) is 8.80. The van der Waals surface area contributed by atoms with Crippen LogP contribution in [0.3, 0.4) is 0 Å². The zero-order valence-corrected chi connectivity index (χ0v) is 14.4. The number of benzene rings is 1. The van der Waals surface area contributed by atoms with Crippen molar-refractivity contribution in [2.75, 3.05) is 37.7 Å². The Morgan fingerprint density at radius 3 is 2.76 bits per heavy atom. The van der Waals surface area contributed by atoms with Crippen molar-refractivity contribution in [2.45, 2.75) is 19.8 Å². The van der Waals surface area contributed by atoms with Crippen molar-refractivity contribution >= 4 is 17.4 Å². The van der Waals surface area contributed by atoms with Crippen LogP contribution >= 0.6 is 0 Å². The van der Waals surface area contributed by atoms with E-state index in [0.29, 0.717) is 37.8 Å². The number of fused-ring (bicyclic) bond motifs is 1. The van der Waals surface area contributed by atoms with Crippen LogP contribution in [0.1, 0.15) is 28.3 Å². The van der Waals surface area contributed by atoms with Crippen LogP contribution in [-0.2, 0) is 11.2 Å². The Bertz CT molecular complexity index is 787. The zero-order chi connectivity index (χ0) is 17.2. The van der Waals surface area contributed by atoms with Crippen LogP contribution in [0.15, 0.2) is 30.3 Å². The first kappa shape index (κ1) is 16.0. The maximum absolute atomic E-state index is 12.8. The van der Waals surface area contributed by atoms with Crippen LogP contribution in [0.2, 0.25) is 0 Å². The molecule has 2 aromatic rings. The van der Waals surface area contributed by atoms with E-state index in [4.69, 9.17) is 4.74 Å². The average Bonchev–Trinajstić information content (AvgIpc) is 2.67. The first-order chi connectivity index (χ1) is 12.2. The van der Waals surface area contributed by atoms with Crippen molar-refractivity contribution in [3.05, 3.63) is 47.4 Å². The number of rotatable bonds is 2. The van der Waals surface area contributed by atoms with E-state index < -0.39 is 0 Å². The van der Waals surface area contributed by atoms with Crippen LogP contribution in [0.5, 0.6) is 0 Å². The molecule has 130 valence electrons. The molecule has 2 aliphatic rings. The number of nitrogens with zero attached hydrogens (tertiary/aromatic N) is 4. The molecule has 0 unspecified atom stereocenters. The van der Waals surface area contributed by atoms with Gasteiger partial charge in [-0.05, 0) is 31.4 Å². The van der Waals surface area contributed by atoms with E-state index in [2.05, 4.69) is 33.1 Å². The molecule has 0 aliphatic carbocycles. The van der Waals surface area contributed by atoms with Crippen molar-refractivity contribution in [1.29, 1.82) is 0 Å². The fourth-order valence-corrected chi connectivity index (χ4v) is 3.50. The van der Waals surface area contributed by atoms with Gasteiger partial charge in [-0.25, -0.2) is 9.97 Å². The molecule has 1 saturated heterocycles. The van der Waals surface area contributed by atoms with Gasteiger partial charge in [0, 0.05) is 31.4 Å². The monoisotopic (exact) mass is 338 g/mol. The van der Waals surface area contributed by atoms with Gasteiger partial charge in [-0.3, -0.25) is 4.79 Å². The van der Waals surface area contributed by atoms with Crippen LogP contribution < -0.4 is 4.90 Å². The average molecular weight is 338 g/mol. The summed E-state index contributed by atoms with van der Waals surface area (Å²) < 4.78 is 5.33. The molecule has 2 aliphatic heterocycles. The second-order valence-corrected chi connectivity index (χ2v) is 6.45. The van der Waals surface area contributed by atoms with Crippen LogP contribution in [-0.4, -0.2) is 53.6 Å². The first-order valence-electron chi connectivity index (χ1n) is 8.80. The number of carbonyl (C=O) groups excluding carboxylic acids is 1. The standard InChI is InChI=1S/C19H22N4O2/c1-14-20-16(19(24)22-9-11-25-12-10-22)13-18(21-14)23-8-4-6-15-5-2-3-7-17(15)23/h2-3,5,7,13H,4,6,8-12H2,1H3. The minimum atomic E-state index is -0.0413. The molecule has 1 aromatic carbocycles. The number of hydrogen-bond acceptors (Lipinski definition) is 5. The highest BCUT2D eigenvalue weighted by atomic mass is 16.5. The fraction of sp³-hybridized carbons (Fsp3) is 0.421. The second-order valence-electron chi connectivity index (χ2n) is 6.45. The van der Waals surface area contributed by atoms with E-state index in [9.17, 15) is 4.79 Å². The Hall–Kier alpha value is -2.47. The maximum atomic E-state index is 12.8. The lowest BCUT2D eigenvalue weighted by Crippen LogP contribution is -2.41. The summed E-state index contributed by atoms with van der Waals surface area (Å²) in [6.45, 7) is 5.14. The quantitative estimate of drug-likeness (QED) is 0.841. The minimum absolute atomic E-state index is 0.0413. The molecular formula is C19H22N4O2. The third-order valence-corrected chi connectivity index (χ3v) is 4.73. The molecule has 4 rings (SSSR count). The molecule has 1 amide bonds. The highest BCUT2D eigenvalue weighted by Gasteiger charge is 2.24. The molecular weight excluding hydrogens is 316 g/mol. The van der Waals surface area contributed by atoms with E-state index in [1.165, 1.54) is 11.3 Å². The predicted octanol–water partition coefficient (Wildman–Crippen LogP) is 2.34. The summed E-state index contributed by atoms with van der Waals surface area (Å²) in [5.74, 6) is 1.38. The molecule has 6 nitrogen and oxygen atoms in total. The van der Waals surface area contributed by atoms with Gasteiger partial charge in [-0.2, -0.15) is 0 Å². The number of para-hydroxylation sites is 1. The van der Waals surface area contributed by atoms with Gasteiger partial charge in [-0.1, -0.05) is 18.2 Å². The zero-order valence-electron chi connectivity index (χ0n) is 14.4. The van der Waals surface area contributed by atoms with Crippen molar-refractivity contribution < 1.29 is 9.53 Å². The summed E-state index contributed by atoms with van der Waals surface area (Å²) in [5.41, 5.74) is 2.97. The third kappa shape index (κ3) is 3.22. The number of anilines is 2.